The summed E-state index contributed by atoms with van der Waals surface area (Å²) in [5.41, 5.74) is -3.98. The number of amides is 1. The van der Waals surface area contributed by atoms with Crippen LogP contribution in [0.25, 0.3) is 0 Å². The van der Waals surface area contributed by atoms with E-state index in [1.165, 1.54) is 0 Å². The van der Waals surface area contributed by atoms with Crippen LogP contribution in [0.4, 0.5) is 31.1 Å². The Morgan fingerprint density at radius 2 is 1.52 bits per heavy atom. The summed E-state index contributed by atoms with van der Waals surface area (Å²) < 4.78 is 82.1. The minimum absolute atomic E-state index is 0.0532. The van der Waals surface area contributed by atoms with Crippen molar-refractivity contribution >= 4 is 6.09 Å². The van der Waals surface area contributed by atoms with Crippen molar-refractivity contribution in [1.29, 1.82) is 0 Å². The summed E-state index contributed by atoms with van der Waals surface area (Å²) in [5.74, 6) is 0. The number of nitrogens with one attached hydrogen (secondary N) is 1. The monoisotopic (exact) mass is 341 g/mol. The lowest BCUT2D eigenvalue weighted by Gasteiger charge is -2.39. The minimum atomic E-state index is -4.94. The summed E-state index contributed by atoms with van der Waals surface area (Å²) in [5, 5.41) is 2.28. The Morgan fingerprint density at radius 3 is 1.96 bits per heavy atom. The molecule has 1 aliphatic rings. The number of carbonyl (C=O) groups is 1. The van der Waals surface area contributed by atoms with E-state index in [0.717, 1.165) is 0 Å². The molecule has 0 radical (unpaired) electrons. The largest absolute Gasteiger partial charge is 0.449 e. The highest BCUT2D eigenvalue weighted by molar-refractivity contribution is 5.69. The first-order chi connectivity index (χ1) is 10.3. The van der Waals surface area contributed by atoms with Crippen LogP contribution in [0.5, 0.6) is 0 Å². The molecule has 1 atom stereocenters. The van der Waals surface area contributed by atoms with Crippen LogP contribution in [-0.2, 0) is 17.1 Å². The standard InChI is InChI=1S/C14H13F6NO2/c1-12(2)6-23-11(22)21-10(12)7-3-8(13(15,16)17)5-9(4-7)14(18,19)20/h3-5,10H,6H2,1-2H3,(H,21,22)/t10-/m1/s1. The van der Waals surface area contributed by atoms with E-state index >= 15 is 0 Å². The Labute approximate surface area is 127 Å². The Balaban J connectivity index is 2.59. The molecule has 3 nitrogen and oxygen atoms in total. The van der Waals surface area contributed by atoms with Gasteiger partial charge in [0.05, 0.1) is 17.2 Å². The third-order valence-electron chi connectivity index (χ3n) is 3.56. The Hall–Kier alpha value is -1.93. The molecule has 23 heavy (non-hydrogen) atoms. The van der Waals surface area contributed by atoms with E-state index in [2.05, 4.69) is 5.32 Å². The molecule has 0 bridgehead atoms. The first kappa shape index (κ1) is 17.4. The zero-order valence-corrected chi connectivity index (χ0v) is 12.1. The molecule has 2 rings (SSSR count). The maximum Gasteiger partial charge on any atom is 0.416 e. The Bertz CT molecular complexity index is 588. The topological polar surface area (TPSA) is 38.3 Å². The summed E-state index contributed by atoms with van der Waals surface area (Å²) >= 11 is 0. The lowest BCUT2D eigenvalue weighted by atomic mass is 9.79. The number of carbonyl (C=O) groups excluding carboxylic acids is 1. The van der Waals surface area contributed by atoms with E-state index in [4.69, 9.17) is 4.74 Å². The fraction of sp³-hybridized carbons (Fsp3) is 0.500. The predicted molar refractivity (Wildman–Crippen MR) is 67.5 cm³/mol. The lowest BCUT2D eigenvalue weighted by molar-refractivity contribution is -0.143. The van der Waals surface area contributed by atoms with Gasteiger partial charge in [0.25, 0.3) is 0 Å². The van der Waals surface area contributed by atoms with Crippen LogP contribution in [0.15, 0.2) is 18.2 Å². The van der Waals surface area contributed by atoms with Gasteiger partial charge in [0.15, 0.2) is 0 Å². The average molecular weight is 341 g/mol. The first-order valence-electron chi connectivity index (χ1n) is 6.53. The van der Waals surface area contributed by atoms with Gasteiger partial charge in [-0.3, -0.25) is 0 Å². The molecule has 1 fully saturated rings. The highest BCUT2D eigenvalue weighted by Gasteiger charge is 2.42. The predicted octanol–water partition coefficient (Wildman–Crippen LogP) is 4.53. The SMILES string of the molecule is CC1(C)COC(=O)N[C@@H]1c1cc(C(F)(F)F)cc(C(F)(F)F)c1. The number of hydrogen-bond acceptors (Lipinski definition) is 2. The van der Waals surface area contributed by atoms with Crippen molar-refractivity contribution in [2.24, 2.45) is 5.41 Å². The quantitative estimate of drug-likeness (QED) is 0.762. The molecular weight excluding hydrogens is 328 g/mol. The summed E-state index contributed by atoms with van der Waals surface area (Å²) in [6.45, 7) is 3.02. The second kappa shape index (κ2) is 5.31. The van der Waals surface area contributed by atoms with Crippen LogP contribution in [0, 0.1) is 5.41 Å². The van der Waals surface area contributed by atoms with Gasteiger partial charge >= 0.3 is 18.4 Å². The van der Waals surface area contributed by atoms with E-state index in [1.54, 1.807) is 13.8 Å². The molecule has 1 aromatic rings. The van der Waals surface area contributed by atoms with Gasteiger partial charge in [-0.25, -0.2) is 4.79 Å². The Kier molecular flexibility index (Phi) is 4.02. The van der Waals surface area contributed by atoms with Crippen LogP contribution < -0.4 is 5.32 Å². The van der Waals surface area contributed by atoms with Gasteiger partial charge in [-0.15, -0.1) is 0 Å². The van der Waals surface area contributed by atoms with Gasteiger partial charge in [-0.05, 0) is 23.8 Å². The van der Waals surface area contributed by atoms with Crippen LogP contribution >= 0.6 is 0 Å². The molecular formula is C14H13F6NO2. The van der Waals surface area contributed by atoms with Crippen molar-refractivity contribution in [1.82, 2.24) is 5.32 Å². The molecule has 1 aliphatic heterocycles. The van der Waals surface area contributed by atoms with Crippen LogP contribution in [0.2, 0.25) is 0 Å². The number of halogens is 6. The number of alkyl carbamates (subject to hydrolysis) is 1. The second-order valence-electron chi connectivity index (χ2n) is 5.98. The summed E-state index contributed by atoms with van der Waals surface area (Å²) in [4.78, 5) is 11.3. The minimum Gasteiger partial charge on any atom is -0.449 e. The molecule has 9 heteroatoms. The van der Waals surface area contributed by atoms with Crippen LogP contribution in [-0.4, -0.2) is 12.7 Å². The highest BCUT2D eigenvalue weighted by Crippen LogP contribution is 2.42. The molecule has 1 N–H and O–H groups in total. The smallest absolute Gasteiger partial charge is 0.416 e. The highest BCUT2D eigenvalue weighted by atomic mass is 19.4. The third-order valence-corrected chi connectivity index (χ3v) is 3.56. The van der Waals surface area contributed by atoms with E-state index in [-0.39, 0.29) is 18.2 Å². The van der Waals surface area contributed by atoms with Crippen molar-refractivity contribution in [2.45, 2.75) is 32.2 Å². The van der Waals surface area contributed by atoms with E-state index in [0.29, 0.717) is 12.1 Å². The number of alkyl halides is 6. The maximum absolute atomic E-state index is 12.9. The zero-order chi connectivity index (χ0) is 17.6. The van der Waals surface area contributed by atoms with Crippen molar-refractivity contribution in [3.8, 4) is 0 Å². The van der Waals surface area contributed by atoms with E-state index in [9.17, 15) is 31.1 Å². The molecule has 128 valence electrons. The molecule has 0 aliphatic carbocycles. The molecule has 0 unspecified atom stereocenters. The van der Waals surface area contributed by atoms with Crippen molar-refractivity contribution in [3.63, 3.8) is 0 Å². The normalized spacial score (nSPS) is 21.6. The molecule has 0 aromatic heterocycles. The van der Waals surface area contributed by atoms with Gasteiger partial charge in [0.2, 0.25) is 0 Å². The van der Waals surface area contributed by atoms with Gasteiger partial charge in [-0.2, -0.15) is 26.3 Å². The maximum atomic E-state index is 12.9. The summed E-state index contributed by atoms with van der Waals surface area (Å²) in [6.07, 6.45) is -10.8. The summed E-state index contributed by atoms with van der Waals surface area (Å²) in [6, 6.07) is 0.255. The van der Waals surface area contributed by atoms with Gasteiger partial charge < -0.3 is 10.1 Å². The van der Waals surface area contributed by atoms with Crippen molar-refractivity contribution in [3.05, 3.63) is 34.9 Å². The molecule has 1 aromatic carbocycles. The number of benzene rings is 1. The van der Waals surface area contributed by atoms with E-state index < -0.39 is 41.0 Å². The van der Waals surface area contributed by atoms with Gasteiger partial charge in [0.1, 0.15) is 6.61 Å². The number of hydrogen-bond donors (Lipinski definition) is 1. The lowest BCUT2D eigenvalue weighted by Crippen LogP contribution is -2.47. The molecule has 0 spiro atoms. The number of ether oxygens (including phenoxy) is 1. The molecule has 1 saturated heterocycles. The fourth-order valence-corrected chi connectivity index (χ4v) is 2.37. The average Bonchev–Trinajstić information content (AvgIpc) is 2.39. The summed E-state index contributed by atoms with van der Waals surface area (Å²) in [7, 11) is 0. The van der Waals surface area contributed by atoms with Crippen molar-refractivity contribution in [2.75, 3.05) is 6.61 Å². The molecule has 1 amide bonds. The van der Waals surface area contributed by atoms with Gasteiger partial charge in [0, 0.05) is 5.41 Å². The first-order valence-corrected chi connectivity index (χ1v) is 6.53. The molecule has 1 heterocycles. The second-order valence-corrected chi connectivity index (χ2v) is 5.98. The fourth-order valence-electron chi connectivity index (χ4n) is 2.37. The van der Waals surface area contributed by atoms with Crippen LogP contribution in [0.1, 0.15) is 36.6 Å². The van der Waals surface area contributed by atoms with E-state index in [1.807, 2.05) is 0 Å². The van der Waals surface area contributed by atoms with Crippen LogP contribution in [0.3, 0.4) is 0 Å². The van der Waals surface area contributed by atoms with Crippen molar-refractivity contribution < 1.29 is 35.9 Å². The Morgan fingerprint density at radius 1 is 1.04 bits per heavy atom. The molecule has 0 saturated carbocycles. The number of cyclic esters (lactones) is 1. The zero-order valence-electron chi connectivity index (χ0n) is 12.1. The van der Waals surface area contributed by atoms with Gasteiger partial charge in [-0.1, -0.05) is 13.8 Å². The number of rotatable bonds is 1. The third kappa shape index (κ3) is 3.70.